The average Bonchev–Trinajstić information content (AvgIpc) is 2.52. The Hall–Kier alpha value is -3.15. The monoisotopic (exact) mass is 308 g/mol. The topological polar surface area (TPSA) is 89.5 Å². The highest BCUT2D eigenvalue weighted by Crippen LogP contribution is 2.19. The van der Waals surface area contributed by atoms with Gasteiger partial charge in [-0.3, -0.25) is 14.0 Å². The molecule has 1 aromatic carbocycles. The minimum Gasteiger partial charge on any atom is -0.379 e. The first kappa shape index (κ1) is 14.8. The third-order valence-corrected chi connectivity index (χ3v) is 3.60. The van der Waals surface area contributed by atoms with Crippen LogP contribution in [0.3, 0.4) is 0 Å². The summed E-state index contributed by atoms with van der Waals surface area (Å²) in [5.74, 6) is -0.489. The molecule has 2 heterocycles. The summed E-state index contributed by atoms with van der Waals surface area (Å²) in [6.07, 6.45) is 1.67. The van der Waals surface area contributed by atoms with E-state index in [-0.39, 0.29) is 5.56 Å². The second-order valence-electron chi connectivity index (χ2n) is 5.23. The maximum absolute atomic E-state index is 12.1. The van der Waals surface area contributed by atoms with Gasteiger partial charge in [-0.15, -0.1) is 0 Å². The van der Waals surface area contributed by atoms with E-state index < -0.39 is 5.91 Å². The van der Waals surface area contributed by atoms with E-state index in [9.17, 15) is 9.59 Å². The Morgan fingerprint density at radius 1 is 1.26 bits per heavy atom. The molecule has 0 saturated carbocycles. The van der Waals surface area contributed by atoms with E-state index in [4.69, 9.17) is 5.73 Å². The normalized spacial score (nSPS) is 10.7. The van der Waals surface area contributed by atoms with Gasteiger partial charge in [0.2, 0.25) is 0 Å². The summed E-state index contributed by atoms with van der Waals surface area (Å²) in [7, 11) is 0. The van der Waals surface area contributed by atoms with Gasteiger partial charge in [-0.2, -0.15) is 0 Å². The molecule has 0 aliphatic rings. The van der Waals surface area contributed by atoms with Gasteiger partial charge in [0.25, 0.3) is 11.5 Å². The van der Waals surface area contributed by atoms with Gasteiger partial charge in [0.1, 0.15) is 5.65 Å². The van der Waals surface area contributed by atoms with Crippen molar-refractivity contribution < 1.29 is 4.79 Å². The van der Waals surface area contributed by atoms with Crippen LogP contribution in [0.4, 0.5) is 5.69 Å². The second-order valence-corrected chi connectivity index (χ2v) is 5.23. The third kappa shape index (κ3) is 2.91. The van der Waals surface area contributed by atoms with Crippen molar-refractivity contribution in [1.29, 1.82) is 0 Å². The fourth-order valence-electron chi connectivity index (χ4n) is 2.52. The summed E-state index contributed by atoms with van der Waals surface area (Å²) in [5, 5.41) is 3.13. The van der Waals surface area contributed by atoms with Crippen molar-refractivity contribution in [2.75, 3.05) is 5.32 Å². The smallest absolute Gasteiger partial charge is 0.258 e. The quantitative estimate of drug-likeness (QED) is 0.768. The van der Waals surface area contributed by atoms with Crippen LogP contribution in [0.2, 0.25) is 0 Å². The molecule has 0 bridgehead atoms. The van der Waals surface area contributed by atoms with E-state index in [0.29, 0.717) is 29.1 Å². The number of rotatable bonds is 4. The van der Waals surface area contributed by atoms with E-state index in [2.05, 4.69) is 10.3 Å². The van der Waals surface area contributed by atoms with Crippen LogP contribution in [0, 0.1) is 6.92 Å². The maximum Gasteiger partial charge on any atom is 0.258 e. The number of aryl methyl sites for hydroxylation is 1. The van der Waals surface area contributed by atoms with Crippen LogP contribution in [-0.2, 0) is 6.54 Å². The molecular weight excluding hydrogens is 292 g/mol. The average molecular weight is 308 g/mol. The first-order chi connectivity index (χ1) is 11.1. The van der Waals surface area contributed by atoms with Crippen LogP contribution in [0.15, 0.2) is 53.5 Å². The van der Waals surface area contributed by atoms with E-state index in [1.54, 1.807) is 24.4 Å². The molecule has 0 radical (unpaired) electrons. The number of primary amides is 1. The molecule has 2 aromatic heterocycles. The molecule has 3 rings (SSSR count). The molecule has 0 saturated heterocycles. The van der Waals surface area contributed by atoms with Gasteiger partial charge in [-0.05, 0) is 30.7 Å². The molecular formula is C17H16N4O2. The largest absolute Gasteiger partial charge is 0.379 e. The summed E-state index contributed by atoms with van der Waals surface area (Å²) in [6, 6.07) is 12.3. The number of nitrogens with one attached hydrogen (secondary N) is 1. The fourth-order valence-corrected chi connectivity index (χ4v) is 2.52. The number of hydrogen-bond donors (Lipinski definition) is 2. The summed E-state index contributed by atoms with van der Waals surface area (Å²) < 4.78 is 1.48. The number of pyridine rings is 1. The minimum absolute atomic E-state index is 0.147. The van der Waals surface area contributed by atoms with Gasteiger partial charge in [-0.1, -0.05) is 18.2 Å². The highest BCUT2D eigenvalue weighted by Gasteiger charge is 2.11. The zero-order valence-corrected chi connectivity index (χ0v) is 12.6. The number of nitrogens with zero attached hydrogens (tertiary/aromatic N) is 2. The summed E-state index contributed by atoms with van der Waals surface area (Å²) in [5.41, 5.74) is 8.34. The van der Waals surface area contributed by atoms with Crippen molar-refractivity contribution in [1.82, 2.24) is 9.38 Å². The number of aromatic nitrogens is 2. The van der Waals surface area contributed by atoms with E-state index >= 15 is 0 Å². The first-order valence-electron chi connectivity index (χ1n) is 7.17. The van der Waals surface area contributed by atoms with Crippen molar-refractivity contribution in [3.8, 4) is 0 Å². The van der Waals surface area contributed by atoms with Gasteiger partial charge in [0.15, 0.2) is 0 Å². The molecule has 3 N–H and O–H groups in total. The molecule has 1 amide bonds. The molecule has 3 aromatic rings. The zero-order valence-electron chi connectivity index (χ0n) is 12.6. The van der Waals surface area contributed by atoms with Crippen LogP contribution in [-0.4, -0.2) is 15.3 Å². The Balaban J connectivity index is 1.91. The molecule has 6 heteroatoms. The summed E-state index contributed by atoms with van der Waals surface area (Å²) in [6.45, 7) is 2.15. The molecule has 116 valence electrons. The number of fused-ring (bicyclic) bond motifs is 1. The van der Waals surface area contributed by atoms with Crippen LogP contribution in [0.25, 0.3) is 5.65 Å². The van der Waals surface area contributed by atoms with Crippen molar-refractivity contribution in [2.45, 2.75) is 13.5 Å². The summed E-state index contributed by atoms with van der Waals surface area (Å²) in [4.78, 5) is 28.1. The molecule has 0 unspecified atom stereocenters. The second kappa shape index (κ2) is 5.92. The first-order valence-corrected chi connectivity index (χ1v) is 7.17. The highest BCUT2D eigenvalue weighted by molar-refractivity contribution is 5.99. The van der Waals surface area contributed by atoms with Crippen molar-refractivity contribution in [3.63, 3.8) is 0 Å². The van der Waals surface area contributed by atoms with Gasteiger partial charge in [0.05, 0.1) is 17.8 Å². The Kier molecular flexibility index (Phi) is 3.80. The van der Waals surface area contributed by atoms with E-state index in [1.165, 1.54) is 10.5 Å². The Labute approximate surface area is 132 Å². The zero-order chi connectivity index (χ0) is 16.4. The highest BCUT2D eigenvalue weighted by atomic mass is 16.1. The Bertz CT molecular complexity index is 947. The molecule has 0 spiro atoms. The van der Waals surface area contributed by atoms with Gasteiger partial charge in [-0.25, -0.2) is 4.98 Å². The number of carbonyl (C=O) groups is 1. The lowest BCUT2D eigenvalue weighted by atomic mass is 10.1. The maximum atomic E-state index is 12.1. The van der Waals surface area contributed by atoms with Crippen LogP contribution >= 0.6 is 0 Å². The number of hydrogen-bond acceptors (Lipinski definition) is 4. The Morgan fingerprint density at radius 2 is 2.09 bits per heavy atom. The number of carbonyl (C=O) groups excluding carboxylic acids is 1. The van der Waals surface area contributed by atoms with Crippen LogP contribution in [0.5, 0.6) is 0 Å². The van der Waals surface area contributed by atoms with E-state index in [1.807, 2.05) is 25.1 Å². The van der Waals surface area contributed by atoms with Crippen molar-refractivity contribution >= 4 is 17.2 Å². The van der Waals surface area contributed by atoms with Gasteiger partial charge < -0.3 is 11.1 Å². The molecule has 0 atom stereocenters. The predicted molar refractivity (Wildman–Crippen MR) is 88.5 cm³/mol. The fraction of sp³-hybridized carbons (Fsp3) is 0.118. The minimum atomic E-state index is -0.489. The third-order valence-electron chi connectivity index (χ3n) is 3.60. The molecule has 23 heavy (non-hydrogen) atoms. The van der Waals surface area contributed by atoms with Gasteiger partial charge in [0, 0.05) is 18.0 Å². The lowest BCUT2D eigenvalue weighted by Crippen LogP contribution is -2.18. The van der Waals surface area contributed by atoms with Crippen molar-refractivity contribution in [3.05, 3.63) is 75.8 Å². The standard InChI is InChI=1S/C17H16N4O2/c1-11-5-4-6-13(16(11)17(18)23)19-10-12-9-15(22)21-8-3-2-7-14(21)20-12/h2-9,19H,10H2,1H3,(H2,18,23). The number of anilines is 1. The molecule has 6 nitrogen and oxygen atoms in total. The Morgan fingerprint density at radius 3 is 2.87 bits per heavy atom. The van der Waals surface area contributed by atoms with Crippen LogP contribution < -0.4 is 16.6 Å². The SMILES string of the molecule is Cc1cccc(NCc2cc(=O)n3ccccc3n2)c1C(N)=O. The number of amides is 1. The summed E-state index contributed by atoms with van der Waals surface area (Å²) >= 11 is 0. The van der Waals surface area contributed by atoms with Gasteiger partial charge >= 0.3 is 0 Å². The number of benzene rings is 1. The van der Waals surface area contributed by atoms with Crippen LogP contribution in [0.1, 0.15) is 21.6 Å². The number of nitrogens with two attached hydrogens (primary N) is 1. The predicted octanol–water partition coefficient (Wildman–Crippen LogP) is 1.71. The molecule has 0 fully saturated rings. The lowest BCUT2D eigenvalue weighted by molar-refractivity contribution is 0.100. The molecule has 0 aliphatic heterocycles. The van der Waals surface area contributed by atoms with E-state index in [0.717, 1.165) is 5.56 Å². The lowest BCUT2D eigenvalue weighted by Gasteiger charge is -2.12. The van der Waals surface area contributed by atoms with Crippen molar-refractivity contribution in [2.24, 2.45) is 5.73 Å². The molecule has 0 aliphatic carbocycles.